The lowest BCUT2D eigenvalue weighted by Gasteiger charge is -2.17. The normalized spacial score (nSPS) is 11.5. The highest BCUT2D eigenvalue weighted by molar-refractivity contribution is 5.96. The zero-order valence-electron chi connectivity index (χ0n) is 23.1. The lowest BCUT2D eigenvalue weighted by molar-refractivity contribution is -0.146. The van der Waals surface area contributed by atoms with Crippen molar-refractivity contribution in [2.75, 3.05) is 19.8 Å². The molecule has 0 saturated carbocycles. The van der Waals surface area contributed by atoms with E-state index in [0.29, 0.717) is 12.8 Å². The number of carbonyl (C=O) groups excluding carboxylic acids is 4. The van der Waals surface area contributed by atoms with E-state index >= 15 is 0 Å². The van der Waals surface area contributed by atoms with Crippen molar-refractivity contribution in [3.63, 3.8) is 0 Å². The number of hydrogen-bond acceptors (Lipinski definition) is 6. The van der Waals surface area contributed by atoms with Crippen LogP contribution in [-0.4, -0.2) is 43.4 Å². The average molecular weight is 518 g/mol. The third-order valence-corrected chi connectivity index (χ3v) is 6.40. The summed E-state index contributed by atoms with van der Waals surface area (Å²) in [6, 6.07) is 7.89. The van der Waals surface area contributed by atoms with Crippen molar-refractivity contribution in [1.29, 1.82) is 0 Å². The van der Waals surface area contributed by atoms with Crippen LogP contribution in [0.5, 0.6) is 0 Å². The maximum Gasteiger partial charge on any atom is 0.325 e. The van der Waals surface area contributed by atoms with Crippen molar-refractivity contribution in [3.8, 4) is 0 Å². The molecule has 0 aromatic heterocycles. The molecular weight excluding hydrogens is 470 g/mol. The second-order valence-corrected chi connectivity index (χ2v) is 9.82. The molecule has 0 bridgehead atoms. The van der Waals surface area contributed by atoms with E-state index < -0.39 is 5.97 Å². The highest BCUT2D eigenvalue weighted by Crippen LogP contribution is 2.17. The van der Waals surface area contributed by atoms with E-state index in [0.717, 1.165) is 43.2 Å². The number of carbonyl (C=O) groups is 4. The number of amides is 1. The maximum atomic E-state index is 12.5. The Morgan fingerprint density at radius 1 is 0.811 bits per heavy atom. The summed E-state index contributed by atoms with van der Waals surface area (Å²) >= 11 is 0. The smallest absolute Gasteiger partial charge is 0.325 e. The standard InChI is InChI=1S/C30H47NO6/c1-4-5-6-7-8-9-10-11-15-29(34)28-18-16-26(17-19-28)13-12-14-27(23-37-25(3)33)20-21-36-30(35)22-31-24(2)32/h16-19,27H,4-15,20-23H2,1-3H3,(H,31,32). The van der Waals surface area contributed by atoms with Gasteiger partial charge in [0.25, 0.3) is 0 Å². The quantitative estimate of drug-likeness (QED) is 0.122. The van der Waals surface area contributed by atoms with E-state index in [-0.39, 0.29) is 43.3 Å². The van der Waals surface area contributed by atoms with Crippen LogP contribution in [0.3, 0.4) is 0 Å². The third kappa shape index (κ3) is 17.4. The van der Waals surface area contributed by atoms with Crippen LogP contribution in [0.1, 0.15) is 114 Å². The van der Waals surface area contributed by atoms with Gasteiger partial charge in [-0.3, -0.25) is 19.2 Å². The first kappa shape index (κ1) is 32.3. The number of ether oxygens (including phenoxy) is 2. The summed E-state index contributed by atoms with van der Waals surface area (Å²) in [7, 11) is 0. The zero-order chi connectivity index (χ0) is 27.3. The summed E-state index contributed by atoms with van der Waals surface area (Å²) in [4.78, 5) is 46.3. The Bertz CT molecular complexity index is 805. The highest BCUT2D eigenvalue weighted by atomic mass is 16.5. The van der Waals surface area contributed by atoms with E-state index in [1.54, 1.807) is 0 Å². The van der Waals surface area contributed by atoms with Crippen molar-refractivity contribution in [2.24, 2.45) is 5.92 Å². The Kier molecular flexibility index (Phi) is 17.8. The molecule has 1 amide bonds. The Labute approximate surface area is 223 Å². The lowest BCUT2D eigenvalue weighted by atomic mass is 9.96. The summed E-state index contributed by atoms with van der Waals surface area (Å²) in [5.74, 6) is -0.819. The van der Waals surface area contributed by atoms with E-state index in [9.17, 15) is 19.2 Å². The van der Waals surface area contributed by atoms with Crippen LogP contribution in [0, 0.1) is 5.92 Å². The minimum absolute atomic E-state index is 0.0740. The number of unbranched alkanes of at least 4 members (excludes halogenated alkanes) is 7. The minimum atomic E-state index is -0.488. The van der Waals surface area contributed by atoms with Crippen molar-refractivity contribution in [3.05, 3.63) is 35.4 Å². The number of Topliss-reactive ketones (excluding diaryl/α,β-unsaturated/α-hetero) is 1. The Balaban J connectivity index is 2.34. The number of ketones is 1. The van der Waals surface area contributed by atoms with Gasteiger partial charge < -0.3 is 14.8 Å². The van der Waals surface area contributed by atoms with E-state index in [1.807, 2.05) is 24.3 Å². The molecule has 0 spiro atoms. The fourth-order valence-electron chi connectivity index (χ4n) is 4.15. The summed E-state index contributed by atoms with van der Waals surface area (Å²) in [6.07, 6.45) is 13.5. The molecule has 1 atom stereocenters. The molecule has 0 fully saturated rings. The average Bonchev–Trinajstić information content (AvgIpc) is 2.87. The van der Waals surface area contributed by atoms with Gasteiger partial charge in [0.15, 0.2) is 5.78 Å². The van der Waals surface area contributed by atoms with Gasteiger partial charge in [0.1, 0.15) is 6.54 Å². The summed E-state index contributed by atoms with van der Waals surface area (Å²) < 4.78 is 10.3. The van der Waals surface area contributed by atoms with Crippen LogP contribution >= 0.6 is 0 Å². The van der Waals surface area contributed by atoms with Crippen molar-refractivity contribution >= 4 is 23.6 Å². The van der Waals surface area contributed by atoms with Crippen LogP contribution in [0.2, 0.25) is 0 Å². The molecule has 0 saturated heterocycles. The molecule has 0 aliphatic carbocycles. The van der Waals surface area contributed by atoms with Gasteiger partial charge in [0, 0.05) is 25.8 Å². The summed E-state index contributed by atoms with van der Waals surface area (Å²) in [5.41, 5.74) is 1.94. The van der Waals surface area contributed by atoms with Crippen LogP contribution in [0.25, 0.3) is 0 Å². The van der Waals surface area contributed by atoms with Crippen LogP contribution in [0.4, 0.5) is 0 Å². The molecule has 0 aliphatic rings. The van der Waals surface area contributed by atoms with E-state index in [2.05, 4.69) is 12.2 Å². The lowest BCUT2D eigenvalue weighted by Crippen LogP contribution is -2.29. The first-order valence-electron chi connectivity index (χ1n) is 14.0. The minimum Gasteiger partial charge on any atom is -0.466 e. The number of rotatable bonds is 21. The first-order valence-corrected chi connectivity index (χ1v) is 14.0. The number of hydrogen-bond donors (Lipinski definition) is 1. The number of aryl methyl sites for hydroxylation is 1. The van der Waals surface area contributed by atoms with Crippen molar-refractivity contribution < 1.29 is 28.7 Å². The van der Waals surface area contributed by atoms with Crippen LogP contribution in [0.15, 0.2) is 24.3 Å². The molecular formula is C30H47NO6. The zero-order valence-corrected chi connectivity index (χ0v) is 23.1. The largest absolute Gasteiger partial charge is 0.466 e. The SMILES string of the molecule is CCCCCCCCCCC(=O)c1ccc(CCCC(CCOC(=O)CNC(C)=O)COC(C)=O)cc1. The van der Waals surface area contributed by atoms with Gasteiger partial charge in [-0.05, 0) is 43.6 Å². The predicted molar refractivity (Wildman–Crippen MR) is 145 cm³/mol. The molecule has 1 rings (SSSR count). The highest BCUT2D eigenvalue weighted by Gasteiger charge is 2.13. The van der Waals surface area contributed by atoms with Gasteiger partial charge in [-0.2, -0.15) is 0 Å². The molecule has 1 aromatic carbocycles. The van der Waals surface area contributed by atoms with Gasteiger partial charge >= 0.3 is 11.9 Å². The molecule has 37 heavy (non-hydrogen) atoms. The fraction of sp³-hybridized carbons (Fsp3) is 0.667. The fourth-order valence-corrected chi connectivity index (χ4v) is 4.15. The first-order chi connectivity index (χ1) is 17.8. The van der Waals surface area contributed by atoms with Gasteiger partial charge in [-0.25, -0.2) is 0 Å². The molecule has 7 heteroatoms. The van der Waals surface area contributed by atoms with E-state index in [1.165, 1.54) is 52.4 Å². The van der Waals surface area contributed by atoms with Gasteiger partial charge in [0.2, 0.25) is 5.91 Å². The molecule has 1 N–H and O–H groups in total. The molecule has 0 radical (unpaired) electrons. The number of esters is 2. The predicted octanol–water partition coefficient (Wildman–Crippen LogP) is 5.97. The molecule has 0 heterocycles. The van der Waals surface area contributed by atoms with Crippen LogP contribution < -0.4 is 5.32 Å². The Morgan fingerprint density at radius 2 is 1.46 bits per heavy atom. The number of nitrogens with one attached hydrogen (secondary N) is 1. The second-order valence-electron chi connectivity index (χ2n) is 9.82. The van der Waals surface area contributed by atoms with Crippen molar-refractivity contribution in [1.82, 2.24) is 5.32 Å². The van der Waals surface area contributed by atoms with Gasteiger partial charge in [-0.1, -0.05) is 76.1 Å². The Hall–Kier alpha value is -2.70. The monoisotopic (exact) mass is 517 g/mol. The third-order valence-electron chi connectivity index (χ3n) is 6.40. The topological polar surface area (TPSA) is 98.8 Å². The number of benzene rings is 1. The van der Waals surface area contributed by atoms with Gasteiger partial charge in [0.05, 0.1) is 13.2 Å². The summed E-state index contributed by atoms with van der Waals surface area (Å²) in [5, 5.41) is 2.41. The second kappa shape index (κ2) is 20.4. The van der Waals surface area contributed by atoms with Crippen LogP contribution in [-0.2, 0) is 30.3 Å². The maximum absolute atomic E-state index is 12.5. The molecule has 7 nitrogen and oxygen atoms in total. The Morgan fingerprint density at radius 3 is 2.08 bits per heavy atom. The molecule has 1 aromatic rings. The molecule has 1 unspecified atom stereocenters. The molecule has 0 aliphatic heterocycles. The summed E-state index contributed by atoms with van der Waals surface area (Å²) in [6.45, 7) is 5.28. The molecule has 208 valence electrons. The van der Waals surface area contributed by atoms with Crippen molar-refractivity contribution in [2.45, 2.75) is 104 Å². The van der Waals surface area contributed by atoms with Gasteiger partial charge in [-0.15, -0.1) is 0 Å². The van der Waals surface area contributed by atoms with E-state index in [4.69, 9.17) is 9.47 Å².